The molecule has 0 aromatic heterocycles. The van der Waals surface area contributed by atoms with E-state index in [2.05, 4.69) is 0 Å². The molecule has 1 heterocycles. The predicted molar refractivity (Wildman–Crippen MR) is 75.8 cm³/mol. The highest BCUT2D eigenvalue weighted by Gasteiger charge is 2.37. The summed E-state index contributed by atoms with van der Waals surface area (Å²) < 4.78 is 48.5. The number of alkyl halides is 3. The Morgan fingerprint density at radius 3 is 2.22 bits per heavy atom. The molecule has 1 aliphatic heterocycles. The molecule has 0 N–H and O–H groups in total. The van der Waals surface area contributed by atoms with Gasteiger partial charge in [0.1, 0.15) is 12.9 Å². The first kappa shape index (κ1) is 15.7. The van der Waals surface area contributed by atoms with Crippen LogP contribution >= 0.6 is 0 Å². The summed E-state index contributed by atoms with van der Waals surface area (Å²) in [7, 11) is 0. The van der Waals surface area contributed by atoms with Gasteiger partial charge in [-0.15, -0.1) is 0 Å². The number of carbonyl (C=O) groups is 1. The zero-order valence-electron chi connectivity index (χ0n) is 11.9. The fraction of sp³-hybridized carbons (Fsp3) is 0.235. The molecule has 120 valence electrons. The van der Waals surface area contributed by atoms with Crippen LogP contribution in [0.25, 0.3) is 0 Å². The van der Waals surface area contributed by atoms with Crippen LogP contribution in [0.2, 0.25) is 0 Å². The van der Waals surface area contributed by atoms with Crippen LogP contribution in [0, 0.1) is 0 Å². The maximum Gasteiger partial charge on any atom is 0.416 e. The normalized spacial score (nSPS) is 21.3. The Balaban J connectivity index is 1.82. The molecule has 0 spiro atoms. The van der Waals surface area contributed by atoms with Gasteiger partial charge in [-0.05, 0) is 17.7 Å². The molecule has 3 rings (SSSR count). The molecule has 2 aromatic carbocycles. The zero-order chi connectivity index (χ0) is 16.4. The first-order chi connectivity index (χ1) is 11.0. The maximum atomic E-state index is 12.6. The zero-order valence-corrected chi connectivity index (χ0v) is 11.9. The van der Waals surface area contributed by atoms with Crippen molar-refractivity contribution < 1.29 is 27.4 Å². The molecule has 0 aliphatic carbocycles. The van der Waals surface area contributed by atoms with Crippen LogP contribution in [-0.2, 0) is 15.7 Å². The second-order valence-electron chi connectivity index (χ2n) is 5.14. The standard InChI is InChI=1S/C17H13F3O3/c18-17(19,20)13-8-6-11(7-9-13)14(21)16-15(22-10-23-16)12-4-2-1-3-5-12/h1-9,15-16H,10H2. The first-order valence-corrected chi connectivity index (χ1v) is 6.96. The van der Waals surface area contributed by atoms with Gasteiger partial charge in [0.05, 0.1) is 5.56 Å². The van der Waals surface area contributed by atoms with E-state index in [4.69, 9.17) is 9.47 Å². The van der Waals surface area contributed by atoms with E-state index in [0.717, 1.165) is 29.8 Å². The lowest BCUT2D eigenvalue weighted by Gasteiger charge is -2.16. The number of hydrogen-bond acceptors (Lipinski definition) is 3. The van der Waals surface area contributed by atoms with E-state index < -0.39 is 29.7 Å². The van der Waals surface area contributed by atoms with E-state index >= 15 is 0 Å². The first-order valence-electron chi connectivity index (χ1n) is 6.96. The fourth-order valence-corrected chi connectivity index (χ4v) is 2.48. The molecule has 3 nitrogen and oxygen atoms in total. The average molecular weight is 322 g/mol. The van der Waals surface area contributed by atoms with Crippen molar-refractivity contribution in [3.63, 3.8) is 0 Å². The number of Topliss-reactive ketones (excluding diaryl/α,β-unsaturated/α-hetero) is 1. The quantitative estimate of drug-likeness (QED) is 0.801. The summed E-state index contributed by atoms with van der Waals surface area (Å²) >= 11 is 0. The number of rotatable bonds is 3. The van der Waals surface area contributed by atoms with Gasteiger partial charge < -0.3 is 9.47 Å². The third-order valence-electron chi connectivity index (χ3n) is 3.65. The molecule has 0 radical (unpaired) electrons. The van der Waals surface area contributed by atoms with Crippen molar-refractivity contribution >= 4 is 5.78 Å². The lowest BCUT2D eigenvalue weighted by Crippen LogP contribution is -2.26. The second kappa shape index (κ2) is 6.14. The van der Waals surface area contributed by atoms with Crippen LogP contribution in [0.5, 0.6) is 0 Å². The minimum Gasteiger partial charge on any atom is -0.344 e. The molecule has 1 fully saturated rings. The Bertz CT molecular complexity index is 680. The Morgan fingerprint density at radius 1 is 0.957 bits per heavy atom. The SMILES string of the molecule is O=C(c1ccc(C(F)(F)F)cc1)C1OCOC1c1ccccc1. The monoisotopic (exact) mass is 322 g/mol. The van der Waals surface area contributed by atoms with Gasteiger partial charge in [0.15, 0.2) is 11.9 Å². The van der Waals surface area contributed by atoms with Crippen LogP contribution in [-0.4, -0.2) is 18.7 Å². The number of benzene rings is 2. The molecule has 0 amide bonds. The van der Waals surface area contributed by atoms with Crippen molar-refractivity contribution in [3.05, 3.63) is 71.3 Å². The highest BCUT2D eigenvalue weighted by atomic mass is 19.4. The molecule has 0 saturated carbocycles. The van der Waals surface area contributed by atoms with Crippen molar-refractivity contribution in [3.8, 4) is 0 Å². The largest absolute Gasteiger partial charge is 0.416 e. The molecule has 0 bridgehead atoms. The number of ether oxygens (including phenoxy) is 2. The van der Waals surface area contributed by atoms with Crippen molar-refractivity contribution in [2.45, 2.75) is 18.4 Å². The van der Waals surface area contributed by atoms with Gasteiger partial charge in [0.2, 0.25) is 0 Å². The predicted octanol–water partition coefficient (Wildman–Crippen LogP) is 4.00. The minimum atomic E-state index is -4.43. The summed E-state index contributed by atoms with van der Waals surface area (Å²) in [5.41, 5.74) is 0.155. The number of carbonyl (C=O) groups excluding carboxylic acids is 1. The molecule has 2 aromatic rings. The number of hydrogen-bond donors (Lipinski definition) is 0. The van der Waals surface area contributed by atoms with Crippen molar-refractivity contribution in [1.29, 1.82) is 0 Å². The van der Waals surface area contributed by atoms with Crippen LogP contribution in [0.1, 0.15) is 27.6 Å². The minimum absolute atomic E-state index is 0.0311. The molecule has 1 saturated heterocycles. The molecule has 1 aliphatic rings. The summed E-state index contributed by atoms with van der Waals surface area (Å²) in [6.45, 7) is -0.0311. The highest BCUT2D eigenvalue weighted by Crippen LogP contribution is 2.32. The van der Waals surface area contributed by atoms with E-state index in [9.17, 15) is 18.0 Å². The van der Waals surface area contributed by atoms with Gasteiger partial charge in [-0.2, -0.15) is 13.2 Å². The van der Waals surface area contributed by atoms with Gasteiger partial charge >= 0.3 is 6.18 Å². The third-order valence-corrected chi connectivity index (χ3v) is 3.65. The van der Waals surface area contributed by atoms with Crippen molar-refractivity contribution in [2.24, 2.45) is 0 Å². The van der Waals surface area contributed by atoms with Gasteiger partial charge in [-0.25, -0.2) is 0 Å². The lowest BCUT2D eigenvalue weighted by molar-refractivity contribution is -0.137. The molecule has 6 heteroatoms. The van der Waals surface area contributed by atoms with Crippen LogP contribution < -0.4 is 0 Å². The average Bonchev–Trinajstić information content (AvgIpc) is 3.04. The van der Waals surface area contributed by atoms with Gasteiger partial charge in [0, 0.05) is 5.56 Å². The smallest absolute Gasteiger partial charge is 0.344 e. The summed E-state index contributed by atoms with van der Waals surface area (Å²) in [6, 6.07) is 13.2. The Hall–Kier alpha value is -2.18. The lowest BCUT2D eigenvalue weighted by atomic mass is 9.97. The van der Waals surface area contributed by atoms with E-state index in [0.29, 0.717) is 0 Å². The molecular weight excluding hydrogens is 309 g/mol. The molecule has 2 atom stereocenters. The van der Waals surface area contributed by atoms with E-state index in [-0.39, 0.29) is 12.4 Å². The van der Waals surface area contributed by atoms with Gasteiger partial charge in [0.25, 0.3) is 0 Å². The van der Waals surface area contributed by atoms with E-state index in [1.807, 2.05) is 30.3 Å². The Kier molecular flexibility index (Phi) is 4.19. The third kappa shape index (κ3) is 3.28. The summed E-state index contributed by atoms with van der Waals surface area (Å²) in [4.78, 5) is 12.5. The molecule has 2 unspecified atom stereocenters. The van der Waals surface area contributed by atoms with E-state index in [1.165, 1.54) is 0 Å². The Morgan fingerprint density at radius 2 is 1.61 bits per heavy atom. The summed E-state index contributed by atoms with van der Waals surface area (Å²) in [5, 5.41) is 0. The van der Waals surface area contributed by atoms with Crippen LogP contribution in [0.4, 0.5) is 13.2 Å². The fourth-order valence-electron chi connectivity index (χ4n) is 2.48. The Labute approximate surface area is 130 Å². The molecular formula is C17H13F3O3. The number of halogens is 3. The second-order valence-corrected chi connectivity index (χ2v) is 5.14. The van der Waals surface area contributed by atoms with E-state index in [1.54, 1.807) is 0 Å². The van der Waals surface area contributed by atoms with Crippen molar-refractivity contribution in [1.82, 2.24) is 0 Å². The molecule has 23 heavy (non-hydrogen) atoms. The highest BCUT2D eigenvalue weighted by molar-refractivity contribution is 6.00. The number of ketones is 1. The van der Waals surface area contributed by atoms with Gasteiger partial charge in [-0.3, -0.25) is 4.79 Å². The maximum absolute atomic E-state index is 12.6. The summed E-state index contributed by atoms with van der Waals surface area (Å²) in [6.07, 6.45) is -5.86. The van der Waals surface area contributed by atoms with Crippen LogP contribution in [0.15, 0.2) is 54.6 Å². The van der Waals surface area contributed by atoms with Crippen LogP contribution in [0.3, 0.4) is 0 Å². The topological polar surface area (TPSA) is 35.5 Å². The van der Waals surface area contributed by atoms with Crippen molar-refractivity contribution in [2.75, 3.05) is 6.79 Å². The summed E-state index contributed by atoms with van der Waals surface area (Å²) in [5.74, 6) is -0.398. The van der Waals surface area contributed by atoms with Gasteiger partial charge in [-0.1, -0.05) is 42.5 Å².